The lowest BCUT2D eigenvalue weighted by atomic mass is 10.0. The molecule has 104 valence electrons. The van der Waals surface area contributed by atoms with Crippen LogP contribution in [0.1, 0.15) is 44.2 Å². The zero-order valence-electron chi connectivity index (χ0n) is 11.6. The maximum atomic E-state index is 11.7. The molecule has 1 aliphatic rings. The van der Waals surface area contributed by atoms with Gasteiger partial charge in [-0.2, -0.15) is 0 Å². The van der Waals surface area contributed by atoms with Gasteiger partial charge in [0.05, 0.1) is 0 Å². The van der Waals surface area contributed by atoms with Crippen LogP contribution in [-0.4, -0.2) is 18.2 Å². The molecule has 2 rings (SSSR count). The van der Waals surface area contributed by atoms with Gasteiger partial charge in [-0.1, -0.05) is 28.1 Å². The van der Waals surface area contributed by atoms with Crippen LogP contribution in [0.15, 0.2) is 22.7 Å². The largest absolute Gasteiger partial charge is 0.444 e. The van der Waals surface area contributed by atoms with Crippen molar-refractivity contribution in [2.45, 2.75) is 45.1 Å². The highest BCUT2D eigenvalue weighted by molar-refractivity contribution is 9.10. The van der Waals surface area contributed by atoms with E-state index < -0.39 is 5.60 Å². The number of fused-ring (bicyclic) bond motifs is 1. The molecule has 1 N–H and O–H groups in total. The average molecular weight is 326 g/mol. The van der Waals surface area contributed by atoms with Gasteiger partial charge in [0.25, 0.3) is 0 Å². The van der Waals surface area contributed by atoms with Crippen molar-refractivity contribution in [1.82, 2.24) is 5.32 Å². The first-order valence-electron chi connectivity index (χ1n) is 6.61. The summed E-state index contributed by atoms with van der Waals surface area (Å²) < 4.78 is 6.42. The van der Waals surface area contributed by atoms with Crippen LogP contribution in [-0.2, 0) is 11.2 Å². The van der Waals surface area contributed by atoms with Crippen LogP contribution < -0.4 is 5.32 Å². The van der Waals surface area contributed by atoms with E-state index in [4.69, 9.17) is 4.74 Å². The minimum atomic E-state index is -0.444. The molecule has 0 radical (unpaired) electrons. The number of ether oxygens (including phenoxy) is 1. The third-order valence-electron chi connectivity index (χ3n) is 3.23. The van der Waals surface area contributed by atoms with Gasteiger partial charge in [-0.25, -0.2) is 4.79 Å². The predicted octanol–water partition coefficient (Wildman–Crippen LogP) is 4.00. The summed E-state index contributed by atoms with van der Waals surface area (Å²) in [5, 5.41) is 2.87. The first-order valence-corrected chi connectivity index (χ1v) is 7.40. The molecular weight excluding hydrogens is 306 g/mol. The Labute approximate surface area is 122 Å². The maximum absolute atomic E-state index is 11.7. The molecule has 4 heteroatoms. The minimum Gasteiger partial charge on any atom is -0.444 e. The maximum Gasteiger partial charge on any atom is 0.407 e. The molecule has 0 saturated carbocycles. The van der Waals surface area contributed by atoms with E-state index >= 15 is 0 Å². The number of nitrogens with one attached hydrogen (secondary N) is 1. The molecule has 0 saturated heterocycles. The third kappa shape index (κ3) is 3.72. The molecule has 3 nitrogen and oxygen atoms in total. The molecule has 1 unspecified atom stereocenters. The highest BCUT2D eigenvalue weighted by atomic mass is 79.9. The quantitative estimate of drug-likeness (QED) is 0.892. The van der Waals surface area contributed by atoms with Gasteiger partial charge in [0.15, 0.2) is 0 Å². The summed E-state index contributed by atoms with van der Waals surface area (Å²) in [5.41, 5.74) is 2.27. The smallest absolute Gasteiger partial charge is 0.407 e. The molecular formula is C15H20BrNO2. The zero-order valence-corrected chi connectivity index (χ0v) is 13.2. The molecule has 0 aromatic heterocycles. The fourth-order valence-electron chi connectivity index (χ4n) is 2.43. The van der Waals surface area contributed by atoms with Crippen molar-refractivity contribution in [3.63, 3.8) is 0 Å². The lowest BCUT2D eigenvalue weighted by Gasteiger charge is -2.21. The Morgan fingerprint density at radius 3 is 2.89 bits per heavy atom. The van der Waals surface area contributed by atoms with Crippen LogP contribution in [0.4, 0.5) is 4.79 Å². The fraction of sp³-hybridized carbons (Fsp3) is 0.533. The van der Waals surface area contributed by atoms with Gasteiger partial charge in [-0.05, 0) is 50.8 Å². The number of carbonyl (C=O) groups is 1. The van der Waals surface area contributed by atoms with Gasteiger partial charge in [-0.15, -0.1) is 0 Å². The monoisotopic (exact) mass is 325 g/mol. The lowest BCUT2D eigenvalue weighted by Crippen LogP contribution is -2.34. The van der Waals surface area contributed by atoms with Crippen LogP contribution >= 0.6 is 15.9 Å². The van der Waals surface area contributed by atoms with E-state index in [-0.39, 0.29) is 6.09 Å². The number of rotatable bonds is 2. The second-order valence-electron chi connectivity index (χ2n) is 5.93. The van der Waals surface area contributed by atoms with Crippen LogP contribution in [0, 0.1) is 0 Å². The Kier molecular flexibility index (Phi) is 4.19. The van der Waals surface area contributed by atoms with E-state index in [1.165, 1.54) is 15.6 Å². The standard InChI is InChI=1S/C15H20BrNO2/c1-15(2,3)19-14(18)17-9-10-7-8-12-11(10)5-4-6-13(12)16/h4-6,10H,7-9H2,1-3H3,(H,17,18). The van der Waals surface area contributed by atoms with Gasteiger partial charge < -0.3 is 10.1 Å². The summed E-state index contributed by atoms with van der Waals surface area (Å²) >= 11 is 3.58. The molecule has 0 aliphatic heterocycles. The van der Waals surface area contributed by atoms with Crippen molar-refractivity contribution >= 4 is 22.0 Å². The number of halogens is 1. The first-order chi connectivity index (χ1) is 8.87. The van der Waals surface area contributed by atoms with Gasteiger partial charge in [0, 0.05) is 16.9 Å². The molecule has 0 fully saturated rings. The summed E-state index contributed by atoms with van der Waals surface area (Å²) in [5.74, 6) is 0.389. The number of amides is 1. The highest BCUT2D eigenvalue weighted by Crippen LogP contribution is 2.36. The predicted molar refractivity (Wildman–Crippen MR) is 79.4 cm³/mol. The number of alkyl carbamates (subject to hydrolysis) is 1. The lowest BCUT2D eigenvalue weighted by molar-refractivity contribution is 0.0524. The van der Waals surface area contributed by atoms with Crippen molar-refractivity contribution in [1.29, 1.82) is 0 Å². The summed E-state index contributed by atoms with van der Waals surface area (Å²) in [6.45, 7) is 6.25. The SMILES string of the molecule is CC(C)(C)OC(=O)NCC1CCc2c(Br)cccc21. The van der Waals surface area contributed by atoms with Crippen LogP contribution in [0.3, 0.4) is 0 Å². The van der Waals surface area contributed by atoms with Gasteiger partial charge in [0.2, 0.25) is 0 Å². The van der Waals surface area contributed by atoms with Crippen LogP contribution in [0.2, 0.25) is 0 Å². The summed E-state index contributed by atoms with van der Waals surface area (Å²) in [4.78, 5) is 11.7. The Hall–Kier alpha value is -1.03. The zero-order chi connectivity index (χ0) is 14.0. The van der Waals surface area contributed by atoms with Crippen molar-refractivity contribution in [3.8, 4) is 0 Å². The topological polar surface area (TPSA) is 38.3 Å². The fourth-order valence-corrected chi connectivity index (χ4v) is 3.01. The Bertz CT molecular complexity index is 480. The van der Waals surface area contributed by atoms with Crippen molar-refractivity contribution in [2.24, 2.45) is 0 Å². The Morgan fingerprint density at radius 1 is 1.47 bits per heavy atom. The normalized spacial score (nSPS) is 18.0. The van der Waals surface area contributed by atoms with E-state index in [0.717, 1.165) is 12.8 Å². The number of hydrogen-bond acceptors (Lipinski definition) is 2. The minimum absolute atomic E-state index is 0.337. The van der Waals surface area contributed by atoms with Gasteiger partial charge in [0.1, 0.15) is 5.60 Å². The molecule has 0 heterocycles. The second-order valence-corrected chi connectivity index (χ2v) is 6.78. The third-order valence-corrected chi connectivity index (χ3v) is 3.97. The molecule has 0 bridgehead atoms. The van der Waals surface area contributed by atoms with E-state index in [9.17, 15) is 4.79 Å². The Balaban J connectivity index is 1.93. The second kappa shape index (κ2) is 5.53. The molecule has 1 aromatic carbocycles. The van der Waals surface area contributed by atoms with Gasteiger partial charge >= 0.3 is 6.09 Å². The molecule has 1 aromatic rings. The summed E-state index contributed by atoms with van der Waals surface area (Å²) in [7, 11) is 0. The number of benzene rings is 1. The van der Waals surface area contributed by atoms with Crippen LogP contribution in [0.5, 0.6) is 0 Å². The molecule has 1 amide bonds. The molecule has 1 aliphatic carbocycles. The Morgan fingerprint density at radius 2 is 2.21 bits per heavy atom. The van der Waals surface area contributed by atoms with E-state index in [2.05, 4.69) is 39.4 Å². The van der Waals surface area contributed by atoms with E-state index in [0.29, 0.717) is 12.5 Å². The molecule has 19 heavy (non-hydrogen) atoms. The highest BCUT2D eigenvalue weighted by Gasteiger charge is 2.25. The number of hydrogen-bond donors (Lipinski definition) is 1. The first kappa shape index (κ1) is 14.4. The van der Waals surface area contributed by atoms with Crippen molar-refractivity contribution in [3.05, 3.63) is 33.8 Å². The average Bonchev–Trinajstić information content (AvgIpc) is 2.69. The number of carbonyl (C=O) groups excluding carboxylic acids is 1. The van der Waals surface area contributed by atoms with Gasteiger partial charge in [-0.3, -0.25) is 0 Å². The van der Waals surface area contributed by atoms with Crippen molar-refractivity contribution < 1.29 is 9.53 Å². The van der Waals surface area contributed by atoms with E-state index in [1.54, 1.807) is 0 Å². The van der Waals surface area contributed by atoms with Crippen molar-refractivity contribution in [2.75, 3.05) is 6.54 Å². The van der Waals surface area contributed by atoms with Crippen LogP contribution in [0.25, 0.3) is 0 Å². The molecule has 1 atom stereocenters. The van der Waals surface area contributed by atoms with E-state index in [1.807, 2.05) is 20.8 Å². The summed E-state index contributed by atoms with van der Waals surface area (Å²) in [6.07, 6.45) is 1.81. The summed E-state index contributed by atoms with van der Waals surface area (Å²) in [6, 6.07) is 6.27. The molecule has 0 spiro atoms.